The van der Waals surface area contributed by atoms with Crippen molar-refractivity contribution in [1.82, 2.24) is 19.1 Å². The van der Waals surface area contributed by atoms with Gasteiger partial charge in [-0.25, -0.2) is 9.78 Å². The van der Waals surface area contributed by atoms with Crippen molar-refractivity contribution in [2.24, 2.45) is 0 Å². The maximum Gasteiger partial charge on any atom is 0.373 e. The minimum absolute atomic E-state index is 0.195. The van der Waals surface area contributed by atoms with Crippen LogP contribution in [0.15, 0.2) is 84.9 Å². The first-order chi connectivity index (χ1) is 30.7. The smallest absolute Gasteiger partial charge is 0.373 e. The molecule has 4 aromatic heterocycles. The van der Waals surface area contributed by atoms with Crippen molar-refractivity contribution in [3.63, 3.8) is 0 Å². The fraction of sp³-hybridized carbons (Fsp3) is 0.265. The number of aliphatic hydroxyl groups excluding tert-OH is 2. The fourth-order valence-electron chi connectivity index (χ4n) is 8.51. The third-order valence-corrected chi connectivity index (χ3v) is 11.2. The predicted molar refractivity (Wildman–Crippen MR) is 238 cm³/mol. The van der Waals surface area contributed by atoms with E-state index in [1.165, 1.54) is 0 Å². The number of fused-ring (bicyclic) bond motifs is 6. The topological polar surface area (TPSA) is 173 Å². The van der Waals surface area contributed by atoms with Gasteiger partial charge in [-0.15, -0.1) is 0 Å². The van der Waals surface area contributed by atoms with Crippen LogP contribution in [0.1, 0.15) is 47.6 Å². The first-order valence-corrected chi connectivity index (χ1v) is 20.5. The van der Waals surface area contributed by atoms with Crippen LogP contribution in [-0.4, -0.2) is 76.5 Å². The predicted octanol–water partition coefficient (Wildman–Crippen LogP) is 8.29. The number of pyridine rings is 2. The standard InChI is InChI=1S/C48H48N4O8.CO2/c1-7-31-24-34-32-14-9-11-16-38(32)51(45(34)43(49-31)28-20-30(26-53)36(27-54)40(21-28)56-3)18-13-19-52-39-17-12-10-15-33(39)35-25-37(48(55)60-8-2)50-44(46(35)52)29-22-41(57-4)47(59-6)42(23-29)58-5;2-1-3/h9-12,14-17,20-25,53-54H,7-8,13,18-19,26-27H2,1-6H3;. The van der Waals surface area contributed by atoms with Crippen LogP contribution >= 0.6 is 0 Å². The summed E-state index contributed by atoms with van der Waals surface area (Å²) in [5, 5.41) is 24.6. The normalized spacial score (nSPS) is 11.1. The number of benzene rings is 4. The minimum Gasteiger partial charge on any atom is -0.496 e. The first-order valence-electron chi connectivity index (χ1n) is 20.5. The maximum absolute atomic E-state index is 13.4. The van der Waals surface area contributed by atoms with E-state index in [1.54, 1.807) is 35.4 Å². The van der Waals surface area contributed by atoms with Crippen molar-refractivity contribution in [2.75, 3.05) is 35.0 Å². The van der Waals surface area contributed by atoms with Gasteiger partial charge in [-0.1, -0.05) is 43.3 Å². The molecule has 0 saturated heterocycles. The molecular weight excluding hydrogens is 805 g/mol. The quantitative estimate of drug-likeness (QED) is 0.0947. The van der Waals surface area contributed by atoms with Crippen LogP contribution in [0.3, 0.4) is 0 Å². The number of para-hydroxylation sites is 2. The van der Waals surface area contributed by atoms with Gasteiger partial charge in [0, 0.05) is 68.1 Å². The number of hydrogen-bond donors (Lipinski definition) is 2. The van der Waals surface area contributed by atoms with Crippen molar-refractivity contribution in [2.45, 2.75) is 53.0 Å². The molecule has 0 radical (unpaired) electrons. The van der Waals surface area contributed by atoms with Crippen LogP contribution in [0.2, 0.25) is 0 Å². The first kappa shape index (κ1) is 43.8. The SMILES string of the molecule is CCOC(=O)c1cc2c3ccccc3n(CCCn3c4ccccc4c4cc(CC)nc(-c5cc(CO)c(CO)c(OC)c5)c43)c2c(-c2cc(OC)c(OC)c(OC)c2)n1.O=C=O. The van der Waals surface area contributed by atoms with Gasteiger partial charge in [0.15, 0.2) is 11.5 Å². The van der Waals surface area contributed by atoms with Gasteiger partial charge in [-0.05, 0) is 73.9 Å². The summed E-state index contributed by atoms with van der Waals surface area (Å²) in [6.07, 6.45) is 1.69. The van der Waals surface area contributed by atoms with Crippen LogP contribution in [0.25, 0.3) is 66.1 Å². The fourth-order valence-corrected chi connectivity index (χ4v) is 8.51. The van der Waals surface area contributed by atoms with Gasteiger partial charge in [0.25, 0.3) is 0 Å². The van der Waals surface area contributed by atoms with E-state index in [1.807, 2.05) is 42.5 Å². The number of carbonyl (C=O) groups is 1. The Hall–Kier alpha value is -7.25. The van der Waals surface area contributed by atoms with Crippen molar-refractivity contribution in [3.8, 4) is 45.5 Å². The Labute approximate surface area is 363 Å². The molecule has 14 nitrogen and oxygen atoms in total. The molecule has 0 aliphatic carbocycles. The van der Waals surface area contributed by atoms with E-state index < -0.39 is 5.97 Å². The molecule has 0 saturated carbocycles. The van der Waals surface area contributed by atoms with Crippen molar-refractivity contribution in [1.29, 1.82) is 0 Å². The third kappa shape index (κ3) is 8.03. The van der Waals surface area contributed by atoms with Crippen LogP contribution in [0.5, 0.6) is 23.0 Å². The van der Waals surface area contributed by atoms with Crippen molar-refractivity contribution in [3.05, 3.63) is 107 Å². The zero-order chi connectivity index (χ0) is 44.8. The molecule has 63 heavy (non-hydrogen) atoms. The molecule has 0 unspecified atom stereocenters. The third-order valence-electron chi connectivity index (χ3n) is 11.2. The van der Waals surface area contributed by atoms with Gasteiger partial charge >= 0.3 is 12.1 Å². The lowest BCUT2D eigenvalue weighted by Crippen LogP contribution is -2.09. The van der Waals surface area contributed by atoms with Crippen LogP contribution in [0.4, 0.5) is 0 Å². The number of esters is 1. The summed E-state index contributed by atoms with van der Waals surface area (Å²) < 4.78 is 33.0. The van der Waals surface area contributed by atoms with Crippen LogP contribution in [0, 0.1) is 0 Å². The number of methoxy groups -OCH3 is 4. The summed E-state index contributed by atoms with van der Waals surface area (Å²) in [7, 11) is 6.27. The summed E-state index contributed by atoms with van der Waals surface area (Å²) in [5.41, 5.74) is 8.97. The largest absolute Gasteiger partial charge is 0.496 e. The second kappa shape index (κ2) is 19.2. The van der Waals surface area contributed by atoms with Gasteiger partial charge in [0.05, 0.1) is 70.7 Å². The number of hydrogen-bond acceptors (Lipinski definition) is 12. The van der Waals surface area contributed by atoms with E-state index in [4.69, 9.17) is 43.2 Å². The van der Waals surface area contributed by atoms with E-state index in [0.717, 1.165) is 67.0 Å². The number of ether oxygens (including phenoxy) is 5. The maximum atomic E-state index is 13.4. The number of aromatic nitrogens is 4. The van der Waals surface area contributed by atoms with Crippen molar-refractivity contribution >= 4 is 55.7 Å². The highest BCUT2D eigenvalue weighted by Crippen LogP contribution is 2.44. The van der Waals surface area contributed by atoms with Gasteiger partial charge in [-0.2, -0.15) is 9.59 Å². The zero-order valence-electron chi connectivity index (χ0n) is 36.0. The molecule has 2 N–H and O–H groups in total. The molecule has 8 rings (SSSR count). The van der Waals surface area contributed by atoms with Crippen LogP contribution < -0.4 is 18.9 Å². The summed E-state index contributed by atoms with van der Waals surface area (Å²) in [6.45, 7) is 4.79. The highest BCUT2D eigenvalue weighted by molar-refractivity contribution is 6.14. The van der Waals surface area contributed by atoms with Gasteiger partial charge in [0.2, 0.25) is 5.75 Å². The Bertz CT molecular complexity index is 2970. The Morgan fingerprint density at radius 3 is 1.68 bits per heavy atom. The Kier molecular flexibility index (Phi) is 13.4. The summed E-state index contributed by atoms with van der Waals surface area (Å²) in [5.74, 6) is 1.35. The van der Waals surface area contributed by atoms with E-state index in [2.05, 4.69) is 58.5 Å². The lowest BCUT2D eigenvalue weighted by molar-refractivity contribution is -0.191. The molecule has 0 aliphatic rings. The molecule has 0 amide bonds. The second-order valence-corrected chi connectivity index (χ2v) is 14.5. The average Bonchev–Trinajstić information content (AvgIpc) is 3.82. The van der Waals surface area contributed by atoms with Gasteiger partial charge < -0.3 is 43.0 Å². The molecule has 4 aromatic carbocycles. The van der Waals surface area contributed by atoms with E-state index >= 15 is 0 Å². The molecule has 0 bridgehead atoms. The molecule has 0 atom stereocenters. The summed E-state index contributed by atoms with van der Waals surface area (Å²) >= 11 is 0. The molecule has 0 spiro atoms. The van der Waals surface area contributed by atoms with E-state index in [0.29, 0.717) is 64.9 Å². The number of aryl methyl sites for hydroxylation is 3. The lowest BCUT2D eigenvalue weighted by atomic mass is 9.99. The zero-order valence-corrected chi connectivity index (χ0v) is 36.0. The Morgan fingerprint density at radius 1 is 0.651 bits per heavy atom. The van der Waals surface area contributed by atoms with E-state index in [9.17, 15) is 15.0 Å². The van der Waals surface area contributed by atoms with Gasteiger partial charge in [0.1, 0.15) is 11.4 Å². The Morgan fingerprint density at radius 2 is 1.17 bits per heavy atom. The molecule has 4 heterocycles. The van der Waals surface area contributed by atoms with Crippen LogP contribution in [-0.2, 0) is 47.1 Å². The lowest BCUT2D eigenvalue weighted by Gasteiger charge is -2.17. The molecular formula is C49H48N4O10. The highest BCUT2D eigenvalue weighted by atomic mass is 16.5. The van der Waals surface area contributed by atoms with Gasteiger partial charge in [-0.3, -0.25) is 4.98 Å². The summed E-state index contributed by atoms with van der Waals surface area (Å²) in [6, 6.07) is 28.1. The van der Waals surface area contributed by atoms with Crippen molar-refractivity contribution < 1.29 is 48.3 Å². The molecule has 14 heteroatoms. The molecule has 8 aromatic rings. The monoisotopic (exact) mass is 852 g/mol. The second-order valence-electron chi connectivity index (χ2n) is 14.5. The molecule has 0 fully saturated rings. The molecule has 324 valence electrons. The Balaban J connectivity index is 0.00000193. The number of carbonyl (C=O) groups excluding carboxylic acids is 3. The summed E-state index contributed by atoms with van der Waals surface area (Å²) in [4.78, 5) is 39.8. The number of nitrogens with zero attached hydrogens (tertiary/aromatic N) is 4. The highest BCUT2D eigenvalue weighted by Gasteiger charge is 2.25. The number of aliphatic hydroxyl groups is 2. The van der Waals surface area contributed by atoms with E-state index in [-0.39, 0.29) is 31.7 Å². The minimum atomic E-state index is -0.512. The average molecular weight is 853 g/mol. The number of rotatable bonds is 15. The molecule has 0 aliphatic heterocycles.